The molecular weight excluding hydrogens is 336 g/mol. The Morgan fingerprint density at radius 2 is 2.08 bits per heavy atom. The fourth-order valence-corrected chi connectivity index (χ4v) is 4.38. The minimum absolute atomic E-state index is 0.0288. The number of nitrogens with two attached hydrogens (primary N) is 1. The van der Waals surface area contributed by atoms with Crippen molar-refractivity contribution >= 4 is 33.2 Å². The van der Waals surface area contributed by atoms with Gasteiger partial charge in [-0.25, -0.2) is 0 Å². The SMILES string of the molecule is NC(=O)c1cc([C@H]2CCCCN2C(=O)c2cc3ccccc3s2)[nH]n1. The van der Waals surface area contributed by atoms with Crippen molar-refractivity contribution in [3.8, 4) is 0 Å². The zero-order valence-electron chi connectivity index (χ0n) is 13.6. The third kappa shape index (κ3) is 2.91. The van der Waals surface area contributed by atoms with E-state index < -0.39 is 5.91 Å². The lowest BCUT2D eigenvalue weighted by Gasteiger charge is -2.34. The van der Waals surface area contributed by atoms with Gasteiger partial charge in [-0.3, -0.25) is 14.7 Å². The van der Waals surface area contributed by atoms with Crippen molar-refractivity contribution in [2.24, 2.45) is 5.73 Å². The van der Waals surface area contributed by atoms with Gasteiger partial charge in [0.1, 0.15) is 5.69 Å². The molecule has 1 saturated heterocycles. The van der Waals surface area contributed by atoms with Gasteiger partial charge >= 0.3 is 0 Å². The maximum atomic E-state index is 13.1. The van der Waals surface area contributed by atoms with E-state index in [0.717, 1.165) is 39.9 Å². The van der Waals surface area contributed by atoms with Gasteiger partial charge in [-0.15, -0.1) is 11.3 Å². The van der Waals surface area contributed by atoms with Crippen molar-refractivity contribution in [1.82, 2.24) is 15.1 Å². The van der Waals surface area contributed by atoms with Gasteiger partial charge in [-0.1, -0.05) is 18.2 Å². The van der Waals surface area contributed by atoms with E-state index in [1.165, 1.54) is 11.3 Å². The third-order valence-electron chi connectivity index (χ3n) is 4.61. The highest BCUT2D eigenvalue weighted by molar-refractivity contribution is 7.20. The van der Waals surface area contributed by atoms with Crippen LogP contribution in [-0.4, -0.2) is 33.5 Å². The van der Waals surface area contributed by atoms with Gasteiger partial charge in [0.15, 0.2) is 0 Å². The van der Waals surface area contributed by atoms with Gasteiger partial charge < -0.3 is 10.6 Å². The number of nitrogens with zero attached hydrogens (tertiary/aromatic N) is 2. The predicted molar refractivity (Wildman–Crippen MR) is 96.6 cm³/mol. The first-order valence-electron chi connectivity index (χ1n) is 8.28. The molecule has 0 radical (unpaired) electrons. The number of rotatable bonds is 3. The number of fused-ring (bicyclic) bond motifs is 1. The molecule has 0 bridgehead atoms. The number of primary amides is 1. The molecule has 3 heterocycles. The van der Waals surface area contributed by atoms with E-state index in [1.54, 1.807) is 6.07 Å². The molecule has 1 aliphatic heterocycles. The van der Waals surface area contributed by atoms with Crippen LogP contribution in [0.3, 0.4) is 0 Å². The molecular formula is C18H18N4O2S. The number of thiophene rings is 1. The number of hydrogen-bond acceptors (Lipinski definition) is 4. The van der Waals surface area contributed by atoms with Gasteiger partial charge in [0.25, 0.3) is 11.8 Å². The summed E-state index contributed by atoms with van der Waals surface area (Å²) in [5.74, 6) is -0.540. The smallest absolute Gasteiger partial charge is 0.269 e. The number of likely N-dealkylation sites (tertiary alicyclic amines) is 1. The van der Waals surface area contributed by atoms with Gasteiger partial charge in [-0.05, 0) is 42.8 Å². The molecule has 7 heteroatoms. The van der Waals surface area contributed by atoms with Crippen LogP contribution in [0.2, 0.25) is 0 Å². The number of hydrogen-bond donors (Lipinski definition) is 2. The van der Waals surface area contributed by atoms with E-state index in [0.29, 0.717) is 6.54 Å². The van der Waals surface area contributed by atoms with E-state index >= 15 is 0 Å². The van der Waals surface area contributed by atoms with Gasteiger partial charge in [0, 0.05) is 11.2 Å². The van der Waals surface area contributed by atoms with Crippen LogP contribution in [0.15, 0.2) is 36.4 Å². The summed E-state index contributed by atoms with van der Waals surface area (Å²) < 4.78 is 1.11. The molecule has 0 spiro atoms. The molecule has 1 atom stereocenters. The summed E-state index contributed by atoms with van der Waals surface area (Å²) in [6, 6.07) is 11.5. The van der Waals surface area contributed by atoms with Gasteiger partial charge in [0.05, 0.1) is 16.6 Å². The first-order chi connectivity index (χ1) is 12.1. The van der Waals surface area contributed by atoms with Crippen LogP contribution < -0.4 is 5.73 Å². The second kappa shape index (κ2) is 6.33. The first kappa shape index (κ1) is 15.8. The summed E-state index contributed by atoms with van der Waals surface area (Å²) in [7, 11) is 0. The summed E-state index contributed by atoms with van der Waals surface area (Å²) in [6.45, 7) is 0.697. The van der Waals surface area contributed by atoms with Crippen LogP contribution in [0.5, 0.6) is 0 Å². The summed E-state index contributed by atoms with van der Waals surface area (Å²) in [6.07, 6.45) is 2.85. The minimum Gasteiger partial charge on any atom is -0.364 e. The van der Waals surface area contributed by atoms with E-state index in [1.807, 2.05) is 35.2 Å². The van der Waals surface area contributed by atoms with Crippen molar-refractivity contribution < 1.29 is 9.59 Å². The molecule has 2 amide bonds. The van der Waals surface area contributed by atoms with Crippen LogP contribution in [0, 0.1) is 0 Å². The Morgan fingerprint density at radius 3 is 2.84 bits per heavy atom. The zero-order valence-corrected chi connectivity index (χ0v) is 14.4. The van der Waals surface area contributed by atoms with Gasteiger partial charge in [0.2, 0.25) is 0 Å². The third-order valence-corrected chi connectivity index (χ3v) is 5.71. The predicted octanol–water partition coefficient (Wildman–Crippen LogP) is 3.09. The Morgan fingerprint density at radius 1 is 1.24 bits per heavy atom. The molecule has 3 N–H and O–H groups in total. The molecule has 0 unspecified atom stereocenters. The number of benzene rings is 1. The second-order valence-electron chi connectivity index (χ2n) is 6.23. The number of carbonyl (C=O) groups is 2. The maximum absolute atomic E-state index is 13.1. The maximum Gasteiger partial charge on any atom is 0.269 e. The van der Waals surface area contributed by atoms with Gasteiger partial charge in [-0.2, -0.15) is 5.10 Å². The fourth-order valence-electron chi connectivity index (χ4n) is 3.36. The summed E-state index contributed by atoms with van der Waals surface area (Å²) in [5, 5.41) is 7.92. The summed E-state index contributed by atoms with van der Waals surface area (Å²) >= 11 is 1.52. The standard InChI is InChI=1S/C18H18N4O2S/c19-17(23)13-10-12(20-21-13)14-6-3-4-8-22(14)18(24)16-9-11-5-1-2-7-15(11)25-16/h1-2,5,7,9-10,14H,3-4,6,8H2,(H2,19,23)(H,20,21)/t14-/m1/s1. The number of aromatic amines is 1. The molecule has 4 rings (SSSR count). The largest absolute Gasteiger partial charge is 0.364 e. The summed E-state index contributed by atoms with van der Waals surface area (Å²) in [5.41, 5.74) is 6.26. The quantitative estimate of drug-likeness (QED) is 0.757. The number of aromatic nitrogens is 2. The van der Waals surface area contributed by atoms with Crippen molar-refractivity contribution in [3.63, 3.8) is 0 Å². The number of amides is 2. The molecule has 1 aromatic carbocycles. The zero-order chi connectivity index (χ0) is 17.4. The Hall–Kier alpha value is -2.67. The van der Waals surface area contributed by atoms with Crippen molar-refractivity contribution in [2.45, 2.75) is 25.3 Å². The Labute approximate surface area is 148 Å². The van der Waals surface area contributed by atoms with E-state index in [2.05, 4.69) is 10.2 Å². The molecule has 0 aliphatic carbocycles. The van der Waals surface area contributed by atoms with Crippen molar-refractivity contribution in [3.05, 3.63) is 52.7 Å². The van der Waals surface area contributed by atoms with E-state index in [9.17, 15) is 9.59 Å². The Bertz CT molecular complexity index is 912. The molecule has 1 fully saturated rings. The highest BCUT2D eigenvalue weighted by atomic mass is 32.1. The van der Waals surface area contributed by atoms with Crippen LogP contribution in [0.25, 0.3) is 10.1 Å². The van der Waals surface area contributed by atoms with Crippen molar-refractivity contribution in [1.29, 1.82) is 0 Å². The second-order valence-corrected chi connectivity index (χ2v) is 7.32. The van der Waals surface area contributed by atoms with Crippen LogP contribution in [-0.2, 0) is 0 Å². The number of nitrogens with one attached hydrogen (secondary N) is 1. The molecule has 3 aromatic rings. The Kier molecular flexibility index (Phi) is 4.01. The van der Waals surface area contributed by atoms with Crippen LogP contribution in [0.1, 0.15) is 51.2 Å². The molecule has 6 nitrogen and oxygen atoms in total. The average molecular weight is 354 g/mol. The molecule has 2 aromatic heterocycles. The lowest BCUT2D eigenvalue weighted by molar-refractivity contribution is 0.0611. The average Bonchev–Trinajstić information content (AvgIpc) is 3.28. The molecule has 25 heavy (non-hydrogen) atoms. The lowest BCUT2D eigenvalue weighted by atomic mass is 9.98. The summed E-state index contributed by atoms with van der Waals surface area (Å²) in [4.78, 5) is 27.0. The Balaban J connectivity index is 1.65. The highest BCUT2D eigenvalue weighted by Crippen LogP contribution is 2.34. The number of H-pyrrole nitrogens is 1. The van der Waals surface area contributed by atoms with Crippen molar-refractivity contribution in [2.75, 3.05) is 6.54 Å². The van der Waals surface area contributed by atoms with E-state index in [-0.39, 0.29) is 17.6 Å². The monoisotopic (exact) mass is 354 g/mol. The molecule has 128 valence electrons. The number of piperidine rings is 1. The van der Waals surface area contributed by atoms with Crippen LogP contribution in [0.4, 0.5) is 0 Å². The normalized spacial score (nSPS) is 17.8. The first-order valence-corrected chi connectivity index (χ1v) is 9.10. The minimum atomic E-state index is -0.569. The molecule has 0 saturated carbocycles. The molecule has 1 aliphatic rings. The van der Waals surface area contributed by atoms with Crippen LogP contribution >= 0.6 is 11.3 Å². The fraction of sp³-hybridized carbons (Fsp3) is 0.278. The topological polar surface area (TPSA) is 92.1 Å². The lowest BCUT2D eigenvalue weighted by Crippen LogP contribution is -2.38. The van der Waals surface area contributed by atoms with E-state index in [4.69, 9.17) is 5.73 Å². The highest BCUT2D eigenvalue weighted by Gasteiger charge is 2.31. The number of carbonyl (C=O) groups excluding carboxylic acids is 2.